The molecule has 0 saturated heterocycles. The standard InChI is InChI=1S/C18H16N4O4S/c1-11(15-8-14(23)6-7-17(15)24)9-19-21-18-20-16(10-27-18)12-2-4-13(5-3-12)22(25)26/h2-10,19,23-24H,1H3,(H,20,21). The number of phenols is 2. The monoisotopic (exact) mass is 384 g/mol. The number of anilines is 1. The molecule has 3 aromatic rings. The number of allylic oxidation sites excluding steroid dienone is 1. The largest absolute Gasteiger partial charge is 0.508 e. The van der Waals surface area contributed by atoms with Crippen LogP contribution in [0, 0.1) is 10.1 Å². The number of non-ortho nitro benzene ring substituents is 1. The van der Waals surface area contributed by atoms with Gasteiger partial charge in [0.05, 0.1) is 10.6 Å². The second-order valence-corrected chi connectivity index (χ2v) is 6.50. The van der Waals surface area contributed by atoms with Crippen LogP contribution in [0.4, 0.5) is 10.8 Å². The first-order valence-corrected chi connectivity index (χ1v) is 8.73. The van der Waals surface area contributed by atoms with E-state index in [9.17, 15) is 20.3 Å². The van der Waals surface area contributed by atoms with E-state index in [4.69, 9.17) is 0 Å². The Kier molecular flexibility index (Phi) is 5.23. The molecule has 0 radical (unpaired) electrons. The minimum atomic E-state index is -0.444. The highest BCUT2D eigenvalue weighted by molar-refractivity contribution is 7.14. The Morgan fingerprint density at radius 3 is 2.67 bits per heavy atom. The van der Waals surface area contributed by atoms with Crippen LogP contribution in [0.2, 0.25) is 0 Å². The smallest absolute Gasteiger partial charge is 0.269 e. The predicted octanol–water partition coefficient (Wildman–Crippen LogP) is 4.11. The summed E-state index contributed by atoms with van der Waals surface area (Å²) in [4.78, 5) is 14.7. The van der Waals surface area contributed by atoms with Gasteiger partial charge in [-0.3, -0.25) is 15.5 Å². The summed E-state index contributed by atoms with van der Waals surface area (Å²) in [5.74, 6) is 0.134. The van der Waals surface area contributed by atoms with Crippen molar-refractivity contribution in [3.05, 3.63) is 69.7 Å². The number of aromatic nitrogens is 1. The van der Waals surface area contributed by atoms with Crippen LogP contribution in [-0.4, -0.2) is 20.1 Å². The Morgan fingerprint density at radius 1 is 1.22 bits per heavy atom. The zero-order valence-corrected chi connectivity index (χ0v) is 15.0. The lowest BCUT2D eigenvalue weighted by atomic mass is 10.1. The number of nitrogens with zero attached hydrogens (tertiary/aromatic N) is 2. The second kappa shape index (κ2) is 7.75. The van der Waals surface area contributed by atoms with E-state index in [0.717, 1.165) is 5.56 Å². The third-order valence-corrected chi connectivity index (χ3v) is 4.51. The normalized spacial score (nSPS) is 11.2. The molecule has 0 aliphatic heterocycles. The molecule has 1 aromatic heterocycles. The molecule has 0 fully saturated rings. The summed E-state index contributed by atoms with van der Waals surface area (Å²) < 4.78 is 0. The van der Waals surface area contributed by atoms with Gasteiger partial charge in [0.2, 0.25) is 5.13 Å². The van der Waals surface area contributed by atoms with Crippen LogP contribution in [0.1, 0.15) is 12.5 Å². The van der Waals surface area contributed by atoms with Crippen molar-refractivity contribution in [2.24, 2.45) is 0 Å². The molecule has 0 saturated carbocycles. The number of hydrogen-bond donors (Lipinski definition) is 4. The van der Waals surface area contributed by atoms with Crippen molar-refractivity contribution < 1.29 is 15.1 Å². The summed E-state index contributed by atoms with van der Waals surface area (Å²) >= 11 is 1.37. The molecular formula is C18H16N4O4S. The molecule has 1 heterocycles. The molecule has 9 heteroatoms. The molecular weight excluding hydrogens is 368 g/mol. The number of nitro groups is 1. The summed E-state index contributed by atoms with van der Waals surface area (Å²) in [6, 6.07) is 10.5. The zero-order chi connectivity index (χ0) is 19.4. The highest BCUT2D eigenvalue weighted by atomic mass is 32.1. The third-order valence-electron chi connectivity index (χ3n) is 3.75. The zero-order valence-electron chi connectivity index (χ0n) is 14.2. The number of aromatic hydroxyl groups is 2. The lowest BCUT2D eigenvalue weighted by Gasteiger charge is -2.07. The summed E-state index contributed by atoms with van der Waals surface area (Å²) in [7, 11) is 0. The Bertz CT molecular complexity index is 999. The maximum Gasteiger partial charge on any atom is 0.269 e. The van der Waals surface area contributed by atoms with Crippen molar-refractivity contribution in [2.75, 3.05) is 5.43 Å². The van der Waals surface area contributed by atoms with Crippen LogP contribution in [0.5, 0.6) is 11.5 Å². The van der Waals surface area contributed by atoms with Crippen molar-refractivity contribution in [1.82, 2.24) is 10.4 Å². The van der Waals surface area contributed by atoms with Crippen molar-refractivity contribution >= 4 is 27.7 Å². The molecule has 8 nitrogen and oxygen atoms in total. The molecule has 0 unspecified atom stereocenters. The Balaban J connectivity index is 1.65. The predicted molar refractivity (Wildman–Crippen MR) is 104 cm³/mol. The van der Waals surface area contributed by atoms with E-state index in [1.54, 1.807) is 25.3 Å². The lowest BCUT2D eigenvalue weighted by Crippen LogP contribution is -2.14. The van der Waals surface area contributed by atoms with E-state index < -0.39 is 4.92 Å². The van der Waals surface area contributed by atoms with Crippen LogP contribution in [0.15, 0.2) is 54.0 Å². The average Bonchev–Trinajstić information content (AvgIpc) is 3.12. The van der Waals surface area contributed by atoms with Gasteiger partial charge in [-0.05, 0) is 42.8 Å². The fourth-order valence-electron chi connectivity index (χ4n) is 2.34. The van der Waals surface area contributed by atoms with Crippen LogP contribution in [-0.2, 0) is 0 Å². The average molecular weight is 384 g/mol. The Hall–Kier alpha value is -3.59. The molecule has 0 atom stereocenters. The molecule has 0 spiro atoms. The number of nitro benzene ring substituents is 1. The molecule has 0 aliphatic carbocycles. The van der Waals surface area contributed by atoms with Gasteiger partial charge in [0, 0.05) is 34.8 Å². The van der Waals surface area contributed by atoms with E-state index in [2.05, 4.69) is 15.8 Å². The topological polar surface area (TPSA) is 121 Å². The third kappa shape index (κ3) is 4.33. The quantitative estimate of drug-likeness (QED) is 0.287. The van der Waals surface area contributed by atoms with Gasteiger partial charge in [0.1, 0.15) is 11.5 Å². The number of rotatable bonds is 6. The molecule has 3 rings (SSSR count). The first-order chi connectivity index (χ1) is 12.9. The van der Waals surface area contributed by atoms with E-state index in [1.807, 2.05) is 5.38 Å². The molecule has 0 aliphatic rings. The maximum absolute atomic E-state index is 10.7. The van der Waals surface area contributed by atoms with Crippen LogP contribution in [0.25, 0.3) is 16.8 Å². The summed E-state index contributed by atoms with van der Waals surface area (Å²) in [5, 5.41) is 32.5. The van der Waals surface area contributed by atoms with Gasteiger partial charge < -0.3 is 15.6 Å². The first-order valence-electron chi connectivity index (χ1n) is 7.85. The summed E-state index contributed by atoms with van der Waals surface area (Å²) in [5.41, 5.74) is 8.55. The highest BCUT2D eigenvalue weighted by Gasteiger charge is 2.08. The number of hydrazine groups is 1. The molecule has 4 N–H and O–H groups in total. The summed E-state index contributed by atoms with van der Waals surface area (Å²) in [6.45, 7) is 1.79. The van der Waals surface area contributed by atoms with Gasteiger partial charge in [0.15, 0.2) is 0 Å². The van der Waals surface area contributed by atoms with Gasteiger partial charge in [-0.1, -0.05) is 0 Å². The van der Waals surface area contributed by atoms with Gasteiger partial charge in [0.25, 0.3) is 5.69 Å². The van der Waals surface area contributed by atoms with Crippen molar-refractivity contribution in [1.29, 1.82) is 0 Å². The first kappa shape index (κ1) is 18.2. The number of hydrogen-bond acceptors (Lipinski definition) is 8. The summed E-state index contributed by atoms with van der Waals surface area (Å²) in [6.07, 6.45) is 1.64. The van der Waals surface area contributed by atoms with E-state index in [-0.39, 0.29) is 17.2 Å². The lowest BCUT2D eigenvalue weighted by molar-refractivity contribution is -0.384. The molecule has 138 valence electrons. The Labute approximate surface area is 158 Å². The van der Waals surface area contributed by atoms with E-state index in [0.29, 0.717) is 22.0 Å². The fourth-order valence-corrected chi connectivity index (χ4v) is 3.02. The fraction of sp³-hybridized carbons (Fsp3) is 0.0556. The van der Waals surface area contributed by atoms with Crippen LogP contribution in [0.3, 0.4) is 0 Å². The second-order valence-electron chi connectivity index (χ2n) is 5.64. The number of benzene rings is 2. The SMILES string of the molecule is CC(=CNNc1nc(-c2ccc([N+](=O)[O-])cc2)cs1)c1cc(O)ccc1O. The Morgan fingerprint density at radius 2 is 1.96 bits per heavy atom. The van der Waals surface area contributed by atoms with Crippen molar-refractivity contribution in [3.8, 4) is 22.8 Å². The number of thiazole rings is 1. The van der Waals surface area contributed by atoms with Crippen molar-refractivity contribution in [3.63, 3.8) is 0 Å². The molecule has 0 amide bonds. The minimum Gasteiger partial charge on any atom is -0.508 e. The molecule has 0 bridgehead atoms. The minimum absolute atomic E-state index is 0.0322. The van der Waals surface area contributed by atoms with Crippen LogP contribution >= 0.6 is 11.3 Å². The van der Waals surface area contributed by atoms with Crippen molar-refractivity contribution in [2.45, 2.75) is 6.92 Å². The highest BCUT2D eigenvalue weighted by Crippen LogP contribution is 2.28. The van der Waals surface area contributed by atoms with Gasteiger partial charge >= 0.3 is 0 Å². The molecule has 27 heavy (non-hydrogen) atoms. The number of nitrogens with one attached hydrogen (secondary N) is 2. The van der Waals surface area contributed by atoms with E-state index >= 15 is 0 Å². The van der Waals surface area contributed by atoms with Crippen LogP contribution < -0.4 is 10.9 Å². The van der Waals surface area contributed by atoms with Gasteiger partial charge in [-0.25, -0.2) is 4.98 Å². The molecule has 2 aromatic carbocycles. The van der Waals surface area contributed by atoms with E-state index in [1.165, 1.54) is 41.7 Å². The van der Waals surface area contributed by atoms with Gasteiger partial charge in [-0.15, -0.1) is 11.3 Å². The maximum atomic E-state index is 10.7. The van der Waals surface area contributed by atoms with Gasteiger partial charge in [-0.2, -0.15) is 0 Å². The number of phenolic OH excluding ortho intramolecular Hbond substituents is 2.